The fourth-order valence-corrected chi connectivity index (χ4v) is 0.989. The van der Waals surface area contributed by atoms with Crippen molar-refractivity contribution in [3.05, 3.63) is 40.4 Å². The molecule has 1 radical (unpaired) electrons. The maximum absolute atomic E-state index is 10.1. The van der Waals surface area contributed by atoms with Gasteiger partial charge in [-0.15, -0.1) is 0 Å². The highest BCUT2D eigenvalue weighted by atomic mass is 79.9. The average molecular weight is 210 g/mol. The summed E-state index contributed by atoms with van der Waals surface area (Å²) in [6.45, 7) is 0. The van der Waals surface area contributed by atoms with Crippen molar-refractivity contribution in [3.8, 4) is 0 Å². The first-order valence-corrected chi connectivity index (χ1v) is 3.92. The van der Waals surface area contributed by atoms with E-state index in [4.69, 9.17) is 0 Å². The number of halogens is 1. The first kappa shape index (κ1) is 8.21. The Morgan fingerprint density at radius 3 is 2.55 bits per heavy atom. The van der Waals surface area contributed by atoms with Crippen molar-refractivity contribution in [2.24, 2.45) is 0 Å². The second-order valence-electron chi connectivity index (χ2n) is 2.01. The van der Waals surface area contributed by atoms with Gasteiger partial charge in [-0.2, -0.15) is 0 Å². The molecule has 0 unspecified atom stereocenters. The van der Waals surface area contributed by atoms with E-state index in [1.54, 1.807) is 12.4 Å². The number of allylic oxidation sites excluding steroid dienone is 1. The Morgan fingerprint density at radius 2 is 2.00 bits per heavy atom. The Labute approximate surface area is 73.9 Å². The van der Waals surface area contributed by atoms with Gasteiger partial charge in [0, 0.05) is 0 Å². The zero-order valence-corrected chi connectivity index (χ0v) is 7.34. The van der Waals surface area contributed by atoms with Gasteiger partial charge in [-0.3, -0.25) is 4.79 Å². The van der Waals surface area contributed by atoms with Gasteiger partial charge in [-0.1, -0.05) is 30.3 Å². The van der Waals surface area contributed by atoms with Crippen LogP contribution < -0.4 is 0 Å². The van der Waals surface area contributed by atoms with Crippen LogP contribution in [-0.4, -0.2) is 6.29 Å². The molecule has 1 aromatic carbocycles. The van der Waals surface area contributed by atoms with Crippen LogP contribution in [0.4, 0.5) is 0 Å². The Balaban J connectivity index is 2.87. The van der Waals surface area contributed by atoms with Crippen LogP contribution in [0.25, 0.3) is 6.08 Å². The Hall–Kier alpha value is -0.890. The van der Waals surface area contributed by atoms with Crippen molar-refractivity contribution < 1.29 is 4.79 Å². The lowest BCUT2D eigenvalue weighted by atomic mass is 10.2. The van der Waals surface area contributed by atoms with Crippen LogP contribution in [0.3, 0.4) is 0 Å². The minimum Gasteiger partial charge on any atom is -0.284 e. The van der Waals surface area contributed by atoms with Gasteiger partial charge >= 0.3 is 0 Å². The molecule has 1 aromatic rings. The normalized spacial score (nSPS) is 11.2. The number of rotatable bonds is 2. The molecule has 0 amide bonds. The predicted molar refractivity (Wildman–Crippen MR) is 49.0 cm³/mol. The highest BCUT2D eigenvalue weighted by Crippen LogP contribution is 2.08. The fraction of sp³-hybridized carbons (Fsp3) is 0. The molecular weight excluding hydrogens is 204 g/mol. The molecule has 0 aliphatic carbocycles. The first-order chi connectivity index (χ1) is 5.33. The van der Waals surface area contributed by atoms with Crippen LogP contribution in [0.5, 0.6) is 0 Å². The van der Waals surface area contributed by atoms with Gasteiger partial charge < -0.3 is 0 Å². The number of hydrogen-bond acceptors (Lipinski definition) is 1. The van der Waals surface area contributed by atoms with E-state index < -0.39 is 0 Å². The smallest absolute Gasteiger partial charge is 0.241 e. The van der Waals surface area contributed by atoms with Gasteiger partial charge in [0.2, 0.25) is 6.29 Å². The molecule has 0 heterocycles. The third kappa shape index (κ3) is 2.68. The molecule has 55 valence electrons. The summed E-state index contributed by atoms with van der Waals surface area (Å²) in [5, 5.41) is 0. The maximum atomic E-state index is 10.1. The molecule has 1 rings (SSSR count). The summed E-state index contributed by atoms with van der Waals surface area (Å²) in [4.78, 5) is 10.1. The van der Waals surface area contributed by atoms with Crippen LogP contribution in [0.2, 0.25) is 0 Å². The zero-order valence-electron chi connectivity index (χ0n) is 5.75. The summed E-state index contributed by atoms with van der Waals surface area (Å²) in [6, 6.07) is 9.58. The van der Waals surface area contributed by atoms with Gasteiger partial charge in [0.25, 0.3) is 0 Å². The molecular formula is C9H6BrO. The minimum absolute atomic E-state index is 0.434. The van der Waals surface area contributed by atoms with Crippen LogP contribution in [0.1, 0.15) is 5.56 Å². The lowest BCUT2D eigenvalue weighted by Crippen LogP contribution is -1.73. The van der Waals surface area contributed by atoms with Crippen molar-refractivity contribution in [2.45, 2.75) is 0 Å². The molecule has 0 saturated heterocycles. The molecule has 11 heavy (non-hydrogen) atoms. The summed E-state index contributed by atoms with van der Waals surface area (Å²) in [5.41, 5.74) is 0.989. The molecule has 0 saturated carbocycles. The number of hydrogen-bond donors (Lipinski definition) is 0. The van der Waals surface area contributed by atoms with E-state index in [9.17, 15) is 4.79 Å². The fourth-order valence-electron chi connectivity index (χ4n) is 0.725. The molecule has 0 aromatic heterocycles. The summed E-state index contributed by atoms with van der Waals surface area (Å²) in [6.07, 6.45) is 3.46. The van der Waals surface area contributed by atoms with E-state index in [-0.39, 0.29) is 0 Å². The monoisotopic (exact) mass is 209 g/mol. The van der Waals surface area contributed by atoms with Crippen molar-refractivity contribution in [1.82, 2.24) is 0 Å². The first-order valence-electron chi connectivity index (χ1n) is 3.13. The van der Waals surface area contributed by atoms with Gasteiger partial charge in [0.05, 0.1) is 4.48 Å². The second-order valence-corrected chi connectivity index (χ2v) is 2.86. The van der Waals surface area contributed by atoms with Gasteiger partial charge in [0.15, 0.2) is 0 Å². The van der Waals surface area contributed by atoms with Crippen molar-refractivity contribution in [3.63, 3.8) is 0 Å². The molecule has 0 spiro atoms. The summed E-state index contributed by atoms with van der Waals surface area (Å²) >= 11 is 3.05. The molecule has 2 heteroatoms. The van der Waals surface area contributed by atoms with E-state index in [0.29, 0.717) is 4.48 Å². The molecule has 0 fully saturated rings. The van der Waals surface area contributed by atoms with Crippen molar-refractivity contribution >= 4 is 28.3 Å². The molecule has 0 aliphatic rings. The summed E-state index contributed by atoms with van der Waals surface area (Å²) in [5.74, 6) is 0. The average Bonchev–Trinajstić information content (AvgIpc) is 2.06. The Bertz CT molecular complexity index is 264. The van der Waals surface area contributed by atoms with E-state index in [1.165, 1.54) is 0 Å². The van der Waals surface area contributed by atoms with E-state index in [2.05, 4.69) is 15.9 Å². The molecule has 0 bridgehead atoms. The highest BCUT2D eigenvalue weighted by Gasteiger charge is 1.88. The van der Waals surface area contributed by atoms with Crippen LogP contribution in [0.15, 0.2) is 34.8 Å². The second kappa shape index (κ2) is 4.09. The SMILES string of the molecule is O=[C]/C(Br)=C/c1ccccc1. The van der Waals surface area contributed by atoms with Crippen molar-refractivity contribution in [2.75, 3.05) is 0 Å². The number of carbonyl (C=O) groups excluding carboxylic acids is 1. The summed E-state index contributed by atoms with van der Waals surface area (Å²) < 4.78 is 0.434. The molecule has 1 nitrogen and oxygen atoms in total. The van der Waals surface area contributed by atoms with E-state index in [0.717, 1.165) is 5.56 Å². The predicted octanol–water partition coefficient (Wildman–Crippen LogP) is 2.53. The maximum Gasteiger partial charge on any atom is 0.241 e. The van der Waals surface area contributed by atoms with E-state index >= 15 is 0 Å². The third-order valence-electron chi connectivity index (χ3n) is 1.19. The Morgan fingerprint density at radius 1 is 1.36 bits per heavy atom. The minimum atomic E-state index is 0.434. The molecule has 0 N–H and O–H groups in total. The molecule has 0 aliphatic heterocycles. The van der Waals surface area contributed by atoms with Crippen LogP contribution in [0, 0.1) is 0 Å². The molecule has 0 atom stereocenters. The highest BCUT2D eigenvalue weighted by molar-refractivity contribution is 9.12. The standard InChI is InChI=1S/C9H6BrO/c10-9(7-11)6-8-4-2-1-3-5-8/h1-6H/b9-6-. The third-order valence-corrected chi connectivity index (χ3v) is 1.58. The topological polar surface area (TPSA) is 17.1 Å². The van der Waals surface area contributed by atoms with Crippen molar-refractivity contribution in [1.29, 1.82) is 0 Å². The van der Waals surface area contributed by atoms with Gasteiger partial charge in [0.1, 0.15) is 0 Å². The van der Waals surface area contributed by atoms with Gasteiger partial charge in [-0.25, -0.2) is 0 Å². The largest absolute Gasteiger partial charge is 0.284 e. The lowest BCUT2D eigenvalue weighted by Gasteiger charge is -1.89. The van der Waals surface area contributed by atoms with Gasteiger partial charge in [-0.05, 0) is 27.6 Å². The zero-order chi connectivity index (χ0) is 8.10. The van der Waals surface area contributed by atoms with Crippen LogP contribution in [-0.2, 0) is 4.79 Å². The lowest BCUT2D eigenvalue weighted by molar-refractivity contribution is 0.564. The summed E-state index contributed by atoms with van der Waals surface area (Å²) in [7, 11) is 0. The van der Waals surface area contributed by atoms with E-state index in [1.807, 2.05) is 30.3 Å². The number of benzene rings is 1. The Kier molecular flexibility index (Phi) is 3.05. The van der Waals surface area contributed by atoms with Crippen LogP contribution >= 0.6 is 15.9 Å². The quantitative estimate of drug-likeness (QED) is 0.685.